The highest BCUT2D eigenvalue weighted by atomic mass is 16.6. The fraction of sp³-hybridized carbons (Fsp3) is 0.0769. The molecule has 2 aromatic heterocycles. The lowest BCUT2D eigenvalue weighted by Crippen LogP contribution is -2.24. The first-order valence-corrected chi connectivity index (χ1v) is 5.80. The Morgan fingerprint density at radius 2 is 2.05 bits per heavy atom. The van der Waals surface area contributed by atoms with Crippen molar-refractivity contribution in [3.63, 3.8) is 0 Å². The van der Waals surface area contributed by atoms with Crippen molar-refractivity contribution in [2.45, 2.75) is 6.92 Å². The van der Waals surface area contributed by atoms with Gasteiger partial charge < -0.3 is 0 Å². The molecule has 104 valence electrons. The second kappa shape index (κ2) is 5.75. The molecule has 2 aromatic rings. The minimum absolute atomic E-state index is 0.104. The van der Waals surface area contributed by atoms with Crippen molar-refractivity contribution in [2.75, 3.05) is 4.90 Å². The van der Waals surface area contributed by atoms with Crippen LogP contribution in [0.4, 0.5) is 17.2 Å². The van der Waals surface area contributed by atoms with E-state index in [9.17, 15) is 14.9 Å². The quantitative estimate of drug-likeness (QED) is 0.628. The van der Waals surface area contributed by atoms with E-state index in [1.54, 1.807) is 0 Å². The zero-order valence-corrected chi connectivity index (χ0v) is 10.9. The number of rotatable bonds is 3. The molecule has 2 heterocycles. The molecule has 0 aromatic carbocycles. The normalized spacial score (nSPS) is 9.71. The number of amides is 1. The molecule has 0 bridgehead atoms. The van der Waals surface area contributed by atoms with Crippen molar-refractivity contribution < 1.29 is 9.72 Å². The molecular weight excluding hydrogens is 274 g/mol. The van der Waals surface area contributed by atoms with Gasteiger partial charge in [0, 0.05) is 25.4 Å². The molecule has 1 amide bonds. The van der Waals surface area contributed by atoms with Gasteiger partial charge in [0.05, 0.1) is 16.7 Å². The maximum atomic E-state index is 11.8. The number of pyridine rings is 2. The lowest BCUT2D eigenvalue weighted by atomic mass is 10.2. The van der Waals surface area contributed by atoms with Gasteiger partial charge in [-0.1, -0.05) is 0 Å². The van der Waals surface area contributed by atoms with Crippen molar-refractivity contribution in [3.05, 3.63) is 52.5 Å². The summed E-state index contributed by atoms with van der Waals surface area (Å²) < 4.78 is 0. The molecule has 0 unspecified atom stereocenters. The van der Waals surface area contributed by atoms with Crippen molar-refractivity contribution in [3.8, 4) is 6.07 Å². The van der Waals surface area contributed by atoms with Crippen LogP contribution in [0.3, 0.4) is 0 Å². The molecule has 2 rings (SSSR count). The van der Waals surface area contributed by atoms with Crippen molar-refractivity contribution >= 4 is 23.1 Å². The number of carbonyl (C=O) groups is 1. The van der Waals surface area contributed by atoms with Crippen LogP contribution < -0.4 is 4.90 Å². The van der Waals surface area contributed by atoms with Crippen LogP contribution in [-0.4, -0.2) is 20.8 Å². The first kappa shape index (κ1) is 14.1. The predicted octanol–water partition coefficient (Wildman–Crippen LogP) is 1.94. The van der Waals surface area contributed by atoms with E-state index >= 15 is 0 Å². The smallest absolute Gasteiger partial charge is 0.274 e. The number of carbonyl (C=O) groups excluding carboxylic acids is 1. The van der Waals surface area contributed by atoms with Crippen molar-refractivity contribution in [1.29, 1.82) is 5.26 Å². The molecule has 21 heavy (non-hydrogen) atoms. The van der Waals surface area contributed by atoms with Gasteiger partial charge in [0.1, 0.15) is 17.6 Å². The molecule has 0 aliphatic heterocycles. The van der Waals surface area contributed by atoms with Crippen LogP contribution in [0.25, 0.3) is 0 Å². The van der Waals surface area contributed by atoms with Crippen molar-refractivity contribution in [1.82, 2.24) is 9.97 Å². The lowest BCUT2D eigenvalue weighted by Gasteiger charge is -2.19. The average molecular weight is 283 g/mol. The Balaban J connectivity index is 2.54. The van der Waals surface area contributed by atoms with E-state index in [0.29, 0.717) is 5.69 Å². The Morgan fingerprint density at radius 1 is 1.33 bits per heavy atom. The molecular formula is C13H9N5O3. The zero-order chi connectivity index (χ0) is 15.4. The average Bonchev–Trinajstić information content (AvgIpc) is 2.47. The third kappa shape index (κ3) is 2.98. The summed E-state index contributed by atoms with van der Waals surface area (Å²) >= 11 is 0. The number of anilines is 2. The molecule has 0 N–H and O–H groups in total. The van der Waals surface area contributed by atoms with E-state index in [-0.39, 0.29) is 17.2 Å². The number of hydrogen-bond acceptors (Lipinski definition) is 6. The SMILES string of the molecule is CC(=O)N(c1ccnc(C#N)c1)c1cc([N+](=O)[O-])ccn1. The summed E-state index contributed by atoms with van der Waals surface area (Å²) in [4.78, 5) is 31.0. The monoisotopic (exact) mass is 283 g/mol. The molecule has 0 saturated heterocycles. The van der Waals surface area contributed by atoms with Gasteiger partial charge in [-0.3, -0.25) is 19.8 Å². The van der Waals surface area contributed by atoms with Crippen LogP contribution in [0.2, 0.25) is 0 Å². The van der Waals surface area contributed by atoms with Gasteiger partial charge in [0.25, 0.3) is 5.69 Å². The molecule has 0 saturated carbocycles. The molecule has 0 aliphatic carbocycles. The van der Waals surface area contributed by atoms with E-state index in [1.807, 2.05) is 6.07 Å². The minimum atomic E-state index is -0.573. The highest BCUT2D eigenvalue weighted by molar-refractivity contribution is 5.98. The second-order valence-corrected chi connectivity index (χ2v) is 3.99. The van der Waals surface area contributed by atoms with Gasteiger partial charge in [0.2, 0.25) is 5.91 Å². The third-order valence-electron chi connectivity index (χ3n) is 2.60. The Labute approximate surface area is 119 Å². The van der Waals surface area contributed by atoms with E-state index in [2.05, 4.69) is 9.97 Å². The number of nitriles is 1. The maximum absolute atomic E-state index is 11.8. The van der Waals surface area contributed by atoms with Crippen LogP contribution in [0.1, 0.15) is 12.6 Å². The summed E-state index contributed by atoms with van der Waals surface area (Å²) in [5, 5.41) is 19.7. The zero-order valence-electron chi connectivity index (χ0n) is 10.9. The Kier molecular flexibility index (Phi) is 3.85. The highest BCUT2D eigenvalue weighted by Gasteiger charge is 2.18. The van der Waals surface area contributed by atoms with Crippen LogP contribution in [-0.2, 0) is 4.79 Å². The van der Waals surface area contributed by atoms with E-state index in [4.69, 9.17) is 5.26 Å². The van der Waals surface area contributed by atoms with Crippen LogP contribution in [0.15, 0.2) is 36.7 Å². The number of hydrogen-bond donors (Lipinski definition) is 0. The van der Waals surface area contributed by atoms with E-state index in [1.165, 1.54) is 48.5 Å². The third-order valence-corrected chi connectivity index (χ3v) is 2.60. The second-order valence-electron chi connectivity index (χ2n) is 3.99. The van der Waals surface area contributed by atoms with Crippen LogP contribution >= 0.6 is 0 Å². The molecule has 0 aliphatic rings. The molecule has 8 nitrogen and oxygen atoms in total. The Bertz CT molecular complexity index is 753. The van der Waals surface area contributed by atoms with E-state index in [0.717, 1.165) is 0 Å². The Morgan fingerprint density at radius 3 is 2.67 bits per heavy atom. The largest absolute Gasteiger partial charge is 0.274 e. The number of nitrogens with zero attached hydrogens (tertiary/aromatic N) is 5. The maximum Gasteiger partial charge on any atom is 0.274 e. The minimum Gasteiger partial charge on any atom is -0.274 e. The number of nitro groups is 1. The summed E-state index contributed by atoms with van der Waals surface area (Å²) in [7, 11) is 0. The molecule has 0 atom stereocenters. The molecule has 8 heteroatoms. The predicted molar refractivity (Wildman–Crippen MR) is 72.7 cm³/mol. The van der Waals surface area contributed by atoms with Gasteiger partial charge in [0.15, 0.2) is 0 Å². The summed E-state index contributed by atoms with van der Waals surface area (Å²) in [5.41, 5.74) is 0.312. The fourth-order valence-electron chi connectivity index (χ4n) is 1.74. The highest BCUT2D eigenvalue weighted by Crippen LogP contribution is 2.26. The van der Waals surface area contributed by atoms with Crippen LogP contribution in [0.5, 0.6) is 0 Å². The van der Waals surface area contributed by atoms with Crippen LogP contribution in [0, 0.1) is 21.4 Å². The standard InChI is InChI=1S/C13H9N5O3/c1-9(19)17(11-2-4-15-10(6-11)8-14)13-7-12(18(20)21)3-5-16-13/h2-7H,1H3. The molecule has 0 fully saturated rings. The van der Waals surface area contributed by atoms with E-state index < -0.39 is 10.8 Å². The first-order valence-electron chi connectivity index (χ1n) is 5.80. The lowest BCUT2D eigenvalue weighted by molar-refractivity contribution is -0.384. The van der Waals surface area contributed by atoms with Gasteiger partial charge >= 0.3 is 0 Å². The summed E-state index contributed by atoms with van der Waals surface area (Å²) in [6.07, 6.45) is 2.62. The van der Waals surface area contributed by atoms with Gasteiger partial charge in [-0.2, -0.15) is 5.26 Å². The number of aromatic nitrogens is 2. The summed E-state index contributed by atoms with van der Waals surface area (Å²) in [6, 6.07) is 7.21. The summed E-state index contributed by atoms with van der Waals surface area (Å²) in [5.74, 6) is -0.287. The summed E-state index contributed by atoms with van der Waals surface area (Å²) in [6.45, 7) is 1.30. The topological polar surface area (TPSA) is 113 Å². The van der Waals surface area contributed by atoms with Crippen molar-refractivity contribution in [2.24, 2.45) is 0 Å². The first-order chi connectivity index (χ1) is 10.0. The fourth-order valence-corrected chi connectivity index (χ4v) is 1.74. The molecule has 0 radical (unpaired) electrons. The Hall–Kier alpha value is -3.34. The van der Waals surface area contributed by atoms with Gasteiger partial charge in [-0.25, -0.2) is 9.97 Å². The molecule has 0 spiro atoms. The van der Waals surface area contributed by atoms with Gasteiger partial charge in [-0.15, -0.1) is 0 Å². The van der Waals surface area contributed by atoms with Gasteiger partial charge in [-0.05, 0) is 12.1 Å².